The normalized spacial score (nSPS) is 10.8. The molecule has 92 valence electrons. The van der Waals surface area contributed by atoms with Crippen molar-refractivity contribution in [2.24, 2.45) is 0 Å². The molecule has 0 saturated carbocycles. The van der Waals surface area contributed by atoms with Gasteiger partial charge in [0.15, 0.2) is 0 Å². The molecule has 3 N–H and O–H groups in total. The molecule has 0 amide bonds. The van der Waals surface area contributed by atoms with E-state index >= 15 is 0 Å². The monoisotopic (exact) mass is 253 g/mol. The zero-order valence-electron chi connectivity index (χ0n) is 9.60. The molecule has 5 nitrogen and oxygen atoms in total. The molecule has 17 heavy (non-hydrogen) atoms. The maximum absolute atomic E-state index is 11.7. The third kappa shape index (κ3) is 3.96. The number of unbranched alkanes of at least 4 members (excludes halogenated alkanes) is 1. The Labute approximate surface area is 101 Å². The number of nitrogens with two attached hydrogens (primary N) is 1. The van der Waals surface area contributed by atoms with Crippen LogP contribution in [0.4, 0.5) is 11.4 Å². The molecule has 0 unspecified atom stereocenters. The highest BCUT2D eigenvalue weighted by atomic mass is 32.2. The van der Waals surface area contributed by atoms with Gasteiger partial charge in [0.1, 0.15) is 6.07 Å². The number of nitrogens with one attached hydrogen (secondary N) is 1. The second kappa shape index (κ2) is 5.55. The summed E-state index contributed by atoms with van der Waals surface area (Å²) >= 11 is 0. The van der Waals surface area contributed by atoms with Crippen molar-refractivity contribution in [2.45, 2.75) is 19.8 Å². The fourth-order valence-corrected chi connectivity index (χ4v) is 2.58. The van der Waals surface area contributed by atoms with Crippen molar-refractivity contribution in [2.75, 3.05) is 16.2 Å². The fourth-order valence-electron chi connectivity index (χ4n) is 1.30. The standard InChI is InChI=1S/C11H15N3O2S/c1-2-3-6-17(15,16)14-11-5-4-10(13)7-9(11)8-12/h4-5,7,14H,2-3,6,13H2,1H3. The van der Waals surface area contributed by atoms with Gasteiger partial charge in [0, 0.05) is 5.69 Å². The van der Waals surface area contributed by atoms with Gasteiger partial charge in [-0.25, -0.2) is 8.42 Å². The lowest BCUT2D eigenvalue weighted by molar-refractivity contribution is 0.598. The summed E-state index contributed by atoms with van der Waals surface area (Å²) in [5.41, 5.74) is 6.45. The topological polar surface area (TPSA) is 96.0 Å². The molecule has 0 aliphatic heterocycles. The average molecular weight is 253 g/mol. The predicted octanol–water partition coefficient (Wildman–Crippen LogP) is 1.68. The first-order chi connectivity index (χ1) is 7.98. The molecule has 0 aliphatic carbocycles. The highest BCUT2D eigenvalue weighted by Crippen LogP contribution is 2.19. The molecule has 1 aromatic rings. The van der Waals surface area contributed by atoms with E-state index in [9.17, 15) is 8.42 Å². The van der Waals surface area contributed by atoms with Crippen LogP contribution in [0.15, 0.2) is 18.2 Å². The van der Waals surface area contributed by atoms with Crippen LogP contribution in [0.2, 0.25) is 0 Å². The lowest BCUT2D eigenvalue weighted by Crippen LogP contribution is -2.17. The van der Waals surface area contributed by atoms with Gasteiger partial charge in [-0.3, -0.25) is 4.72 Å². The summed E-state index contributed by atoms with van der Waals surface area (Å²) in [6.07, 6.45) is 1.39. The number of nitrogens with zero attached hydrogens (tertiary/aromatic N) is 1. The van der Waals surface area contributed by atoms with Gasteiger partial charge in [0.25, 0.3) is 0 Å². The van der Waals surface area contributed by atoms with Gasteiger partial charge >= 0.3 is 0 Å². The summed E-state index contributed by atoms with van der Waals surface area (Å²) in [4.78, 5) is 0. The summed E-state index contributed by atoms with van der Waals surface area (Å²) in [6, 6.07) is 6.40. The summed E-state index contributed by atoms with van der Waals surface area (Å²) in [6.45, 7) is 1.92. The van der Waals surface area contributed by atoms with Crippen molar-refractivity contribution in [3.05, 3.63) is 23.8 Å². The Kier molecular flexibility index (Phi) is 4.35. The molecule has 0 heterocycles. The van der Waals surface area contributed by atoms with Crippen LogP contribution in [0, 0.1) is 11.3 Å². The van der Waals surface area contributed by atoms with E-state index in [4.69, 9.17) is 11.0 Å². The van der Waals surface area contributed by atoms with Gasteiger partial charge in [-0.05, 0) is 24.6 Å². The van der Waals surface area contributed by atoms with Crippen LogP contribution in [0.25, 0.3) is 0 Å². The summed E-state index contributed by atoms with van der Waals surface area (Å²) < 4.78 is 25.7. The maximum Gasteiger partial charge on any atom is 0.232 e. The minimum absolute atomic E-state index is 0.0543. The van der Waals surface area contributed by atoms with Crippen LogP contribution in [-0.2, 0) is 10.0 Å². The van der Waals surface area contributed by atoms with E-state index in [0.29, 0.717) is 12.1 Å². The molecule has 0 saturated heterocycles. The van der Waals surface area contributed by atoms with E-state index in [-0.39, 0.29) is 17.0 Å². The van der Waals surface area contributed by atoms with Crippen molar-refractivity contribution in [1.82, 2.24) is 0 Å². The van der Waals surface area contributed by atoms with Gasteiger partial charge in [-0.15, -0.1) is 0 Å². The lowest BCUT2D eigenvalue weighted by atomic mass is 10.2. The summed E-state index contributed by atoms with van der Waals surface area (Å²) in [5, 5.41) is 8.88. The molecule has 0 aliphatic rings. The third-order valence-corrected chi connectivity index (χ3v) is 3.55. The highest BCUT2D eigenvalue weighted by molar-refractivity contribution is 7.92. The fraction of sp³-hybridized carbons (Fsp3) is 0.364. The SMILES string of the molecule is CCCCS(=O)(=O)Nc1ccc(N)cc1C#N. The number of nitriles is 1. The molecule has 0 fully saturated rings. The van der Waals surface area contributed by atoms with Gasteiger partial charge in [-0.1, -0.05) is 13.3 Å². The first kappa shape index (κ1) is 13.3. The number of anilines is 2. The molecule has 6 heteroatoms. The van der Waals surface area contributed by atoms with Gasteiger partial charge in [0.2, 0.25) is 10.0 Å². The van der Waals surface area contributed by atoms with Crippen LogP contribution in [0.5, 0.6) is 0 Å². The number of hydrogen-bond acceptors (Lipinski definition) is 4. The number of nitrogen functional groups attached to an aromatic ring is 1. The molecular weight excluding hydrogens is 238 g/mol. The number of benzene rings is 1. The maximum atomic E-state index is 11.7. The molecular formula is C11H15N3O2S. The van der Waals surface area contributed by atoms with Crippen LogP contribution in [0.1, 0.15) is 25.3 Å². The molecule has 0 atom stereocenters. The number of rotatable bonds is 5. The van der Waals surface area contributed by atoms with E-state index in [1.54, 1.807) is 6.07 Å². The molecule has 0 bridgehead atoms. The zero-order valence-corrected chi connectivity index (χ0v) is 10.4. The van der Waals surface area contributed by atoms with E-state index in [0.717, 1.165) is 6.42 Å². The van der Waals surface area contributed by atoms with E-state index in [1.807, 2.05) is 13.0 Å². The Morgan fingerprint density at radius 2 is 2.18 bits per heavy atom. The number of sulfonamides is 1. The van der Waals surface area contributed by atoms with E-state index < -0.39 is 10.0 Å². The lowest BCUT2D eigenvalue weighted by Gasteiger charge is -2.09. The smallest absolute Gasteiger partial charge is 0.232 e. The minimum atomic E-state index is -3.38. The highest BCUT2D eigenvalue weighted by Gasteiger charge is 2.12. The Morgan fingerprint density at radius 3 is 2.76 bits per heavy atom. The van der Waals surface area contributed by atoms with Gasteiger partial charge < -0.3 is 5.73 Å². The van der Waals surface area contributed by atoms with Gasteiger partial charge in [0.05, 0.1) is 17.0 Å². The number of hydrogen-bond donors (Lipinski definition) is 2. The van der Waals surface area contributed by atoms with Crippen LogP contribution >= 0.6 is 0 Å². The minimum Gasteiger partial charge on any atom is -0.399 e. The first-order valence-corrected chi connectivity index (χ1v) is 6.94. The van der Waals surface area contributed by atoms with Crippen molar-refractivity contribution in [3.8, 4) is 6.07 Å². The van der Waals surface area contributed by atoms with Crippen molar-refractivity contribution < 1.29 is 8.42 Å². The Hall–Kier alpha value is -1.74. The zero-order chi connectivity index (χ0) is 12.9. The first-order valence-electron chi connectivity index (χ1n) is 5.28. The third-order valence-electron chi connectivity index (χ3n) is 2.20. The van der Waals surface area contributed by atoms with Crippen molar-refractivity contribution in [3.63, 3.8) is 0 Å². The molecule has 0 radical (unpaired) electrons. The Morgan fingerprint density at radius 1 is 1.47 bits per heavy atom. The summed E-state index contributed by atoms with van der Waals surface area (Å²) in [7, 11) is -3.38. The Balaban J connectivity index is 2.92. The molecule has 0 aromatic heterocycles. The van der Waals surface area contributed by atoms with Crippen LogP contribution in [0.3, 0.4) is 0 Å². The molecule has 1 aromatic carbocycles. The van der Waals surface area contributed by atoms with E-state index in [2.05, 4.69) is 4.72 Å². The van der Waals surface area contributed by atoms with Crippen molar-refractivity contribution >= 4 is 21.4 Å². The quantitative estimate of drug-likeness (QED) is 0.780. The largest absolute Gasteiger partial charge is 0.399 e. The van der Waals surface area contributed by atoms with E-state index in [1.165, 1.54) is 12.1 Å². The average Bonchev–Trinajstić information content (AvgIpc) is 2.28. The van der Waals surface area contributed by atoms with Crippen molar-refractivity contribution in [1.29, 1.82) is 5.26 Å². The van der Waals surface area contributed by atoms with Crippen LogP contribution < -0.4 is 10.5 Å². The molecule has 1 rings (SSSR count). The predicted molar refractivity (Wildman–Crippen MR) is 67.9 cm³/mol. The summed E-state index contributed by atoms with van der Waals surface area (Å²) in [5.74, 6) is 0.0543. The second-order valence-corrected chi connectivity index (χ2v) is 5.53. The second-order valence-electron chi connectivity index (χ2n) is 3.69. The van der Waals surface area contributed by atoms with Crippen LogP contribution in [-0.4, -0.2) is 14.2 Å². The molecule has 0 spiro atoms. The van der Waals surface area contributed by atoms with Gasteiger partial charge in [-0.2, -0.15) is 5.26 Å². The Bertz CT molecular complexity index is 532.